The summed E-state index contributed by atoms with van der Waals surface area (Å²) in [7, 11) is 0. The van der Waals surface area contributed by atoms with E-state index in [2.05, 4.69) is 25.6 Å². The van der Waals surface area contributed by atoms with Crippen LogP contribution in [0.2, 0.25) is 0 Å². The molecule has 0 bridgehead atoms. The van der Waals surface area contributed by atoms with E-state index in [-0.39, 0.29) is 5.56 Å². The lowest BCUT2D eigenvalue weighted by Gasteiger charge is -2.02. The lowest BCUT2D eigenvalue weighted by molar-refractivity contribution is 0.881. The molecule has 0 aromatic carbocycles. The van der Waals surface area contributed by atoms with E-state index in [0.29, 0.717) is 21.7 Å². The van der Waals surface area contributed by atoms with Crippen LogP contribution in [0.1, 0.15) is 0 Å². The molecule has 4 rings (SSSR count). The number of fused-ring (bicyclic) bond motifs is 2. The second-order valence-electron chi connectivity index (χ2n) is 3.93. The second-order valence-corrected chi connectivity index (χ2v) is 4.85. The summed E-state index contributed by atoms with van der Waals surface area (Å²) >= 11 is 1.39. The number of aromatic amines is 1. The summed E-state index contributed by atoms with van der Waals surface area (Å²) in [5, 5.41) is 15.5. The SMILES string of the molecule is O=c1c2sccc2nc2ccc(-c3nn[nH]n3)cn12. The largest absolute Gasteiger partial charge is 0.275 e. The summed E-state index contributed by atoms with van der Waals surface area (Å²) in [6, 6.07) is 5.42. The molecule has 0 atom stereocenters. The van der Waals surface area contributed by atoms with E-state index in [4.69, 9.17) is 0 Å². The van der Waals surface area contributed by atoms with Gasteiger partial charge in [0, 0.05) is 11.8 Å². The number of hydrogen-bond acceptors (Lipinski definition) is 6. The van der Waals surface area contributed by atoms with Crippen LogP contribution in [0.5, 0.6) is 0 Å². The predicted molar refractivity (Wildman–Crippen MR) is 70.0 cm³/mol. The number of H-pyrrole nitrogens is 1. The topological polar surface area (TPSA) is 88.8 Å². The van der Waals surface area contributed by atoms with Crippen LogP contribution < -0.4 is 5.56 Å². The van der Waals surface area contributed by atoms with Gasteiger partial charge in [-0.15, -0.1) is 21.5 Å². The Morgan fingerprint density at radius 3 is 3.05 bits per heavy atom. The second kappa shape index (κ2) is 3.69. The Balaban J connectivity index is 2.10. The minimum atomic E-state index is -0.0830. The normalized spacial score (nSPS) is 11.4. The van der Waals surface area contributed by atoms with Crippen LogP contribution in [0.15, 0.2) is 34.6 Å². The van der Waals surface area contributed by atoms with E-state index in [9.17, 15) is 4.79 Å². The van der Waals surface area contributed by atoms with Crippen LogP contribution in [-0.4, -0.2) is 30.0 Å². The molecule has 19 heavy (non-hydrogen) atoms. The van der Waals surface area contributed by atoms with Gasteiger partial charge in [0.25, 0.3) is 5.56 Å². The van der Waals surface area contributed by atoms with Crippen molar-refractivity contribution in [2.45, 2.75) is 0 Å². The highest BCUT2D eigenvalue weighted by Gasteiger charge is 2.09. The predicted octanol–water partition coefficient (Wildman–Crippen LogP) is 1.09. The number of hydrogen-bond donors (Lipinski definition) is 1. The third kappa shape index (κ3) is 1.47. The van der Waals surface area contributed by atoms with E-state index in [1.165, 1.54) is 15.7 Å². The van der Waals surface area contributed by atoms with Crippen molar-refractivity contribution in [1.82, 2.24) is 30.0 Å². The van der Waals surface area contributed by atoms with Crippen LogP contribution in [-0.2, 0) is 0 Å². The first kappa shape index (κ1) is 10.3. The van der Waals surface area contributed by atoms with Crippen LogP contribution in [0.3, 0.4) is 0 Å². The van der Waals surface area contributed by atoms with Crippen LogP contribution >= 0.6 is 11.3 Å². The summed E-state index contributed by atoms with van der Waals surface area (Å²) in [6.07, 6.45) is 1.68. The van der Waals surface area contributed by atoms with Gasteiger partial charge in [-0.25, -0.2) is 4.98 Å². The van der Waals surface area contributed by atoms with Crippen molar-refractivity contribution in [3.63, 3.8) is 0 Å². The number of nitrogens with one attached hydrogen (secondary N) is 1. The van der Waals surface area contributed by atoms with Crippen molar-refractivity contribution in [3.8, 4) is 11.4 Å². The molecule has 0 aliphatic rings. The van der Waals surface area contributed by atoms with Crippen LogP contribution in [0.25, 0.3) is 27.3 Å². The molecule has 7 nitrogen and oxygen atoms in total. The van der Waals surface area contributed by atoms with Gasteiger partial charge in [-0.2, -0.15) is 5.21 Å². The summed E-state index contributed by atoms with van der Waals surface area (Å²) in [4.78, 5) is 16.8. The zero-order valence-corrected chi connectivity index (χ0v) is 10.3. The highest BCUT2D eigenvalue weighted by atomic mass is 32.1. The first-order valence-electron chi connectivity index (χ1n) is 5.46. The fourth-order valence-electron chi connectivity index (χ4n) is 1.95. The molecule has 0 fully saturated rings. The molecule has 8 heteroatoms. The summed E-state index contributed by atoms with van der Waals surface area (Å²) in [5.74, 6) is 0.445. The molecule has 0 amide bonds. The molecule has 0 saturated heterocycles. The van der Waals surface area contributed by atoms with Gasteiger partial charge < -0.3 is 0 Å². The van der Waals surface area contributed by atoms with E-state index in [1.54, 1.807) is 12.3 Å². The number of nitrogens with zero attached hydrogens (tertiary/aromatic N) is 5. The Hall–Kier alpha value is -2.61. The van der Waals surface area contributed by atoms with Crippen molar-refractivity contribution in [2.75, 3.05) is 0 Å². The summed E-state index contributed by atoms with van der Waals surface area (Å²) in [6.45, 7) is 0. The number of thiophene rings is 1. The minimum Gasteiger partial charge on any atom is -0.267 e. The fourth-order valence-corrected chi connectivity index (χ4v) is 2.71. The molecular weight excluding hydrogens is 264 g/mol. The Kier molecular flexibility index (Phi) is 2.00. The lowest BCUT2D eigenvalue weighted by Crippen LogP contribution is -2.13. The molecule has 4 aromatic heterocycles. The van der Waals surface area contributed by atoms with Gasteiger partial charge in [-0.05, 0) is 28.8 Å². The average Bonchev–Trinajstić information content (AvgIpc) is 3.09. The molecule has 0 spiro atoms. The van der Waals surface area contributed by atoms with Gasteiger partial charge in [0.05, 0.1) is 5.52 Å². The van der Waals surface area contributed by atoms with Crippen LogP contribution in [0.4, 0.5) is 0 Å². The third-order valence-electron chi connectivity index (χ3n) is 2.82. The number of aromatic nitrogens is 6. The standard InChI is InChI=1S/C11H6N6OS/c18-11-9-7(3-4-19-9)12-8-2-1-6(5-17(8)11)10-13-15-16-14-10/h1-5H,(H,13,14,15,16). The monoisotopic (exact) mass is 270 g/mol. The Labute approximate surface area is 109 Å². The zero-order valence-electron chi connectivity index (χ0n) is 9.44. The fraction of sp³-hybridized carbons (Fsp3) is 0. The maximum atomic E-state index is 12.3. The van der Waals surface area contributed by atoms with Crippen molar-refractivity contribution < 1.29 is 0 Å². The Bertz CT molecular complexity index is 939. The van der Waals surface area contributed by atoms with Gasteiger partial charge in [0.15, 0.2) is 0 Å². The number of pyridine rings is 1. The number of tetrazole rings is 1. The van der Waals surface area contributed by atoms with Gasteiger partial charge in [0.2, 0.25) is 5.82 Å². The minimum absolute atomic E-state index is 0.0830. The maximum absolute atomic E-state index is 12.3. The first-order chi connectivity index (χ1) is 9.33. The molecule has 0 unspecified atom stereocenters. The van der Waals surface area contributed by atoms with Gasteiger partial charge in [-0.1, -0.05) is 0 Å². The van der Waals surface area contributed by atoms with Gasteiger partial charge in [-0.3, -0.25) is 9.20 Å². The van der Waals surface area contributed by atoms with Crippen molar-refractivity contribution in [2.24, 2.45) is 0 Å². The molecular formula is C11H6N6OS. The Morgan fingerprint density at radius 1 is 1.26 bits per heavy atom. The molecule has 0 aliphatic heterocycles. The number of rotatable bonds is 1. The maximum Gasteiger partial charge on any atom is 0.275 e. The van der Waals surface area contributed by atoms with Gasteiger partial charge >= 0.3 is 0 Å². The molecule has 1 N–H and O–H groups in total. The molecule has 0 aliphatic carbocycles. The smallest absolute Gasteiger partial charge is 0.267 e. The van der Waals surface area contributed by atoms with Crippen molar-refractivity contribution in [3.05, 3.63) is 40.1 Å². The summed E-state index contributed by atoms with van der Waals surface area (Å²) < 4.78 is 2.15. The van der Waals surface area contributed by atoms with E-state index in [1.807, 2.05) is 17.5 Å². The van der Waals surface area contributed by atoms with Crippen LogP contribution in [0, 0.1) is 0 Å². The average molecular weight is 270 g/mol. The quantitative estimate of drug-likeness (QED) is 0.559. The highest BCUT2D eigenvalue weighted by molar-refractivity contribution is 7.17. The molecule has 92 valence electrons. The highest BCUT2D eigenvalue weighted by Crippen LogP contribution is 2.18. The zero-order chi connectivity index (χ0) is 12.8. The third-order valence-corrected chi connectivity index (χ3v) is 3.71. The van der Waals surface area contributed by atoms with E-state index >= 15 is 0 Å². The molecule has 0 radical (unpaired) electrons. The van der Waals surface area contributed by atoms with Crippen molar-refractivity contribution in [1.29, 1.82) is 0 Å². The Morgan fingerprint density at radius 2 is 2.21 bits per heavy atom. The molecule has 4 heterocycles. The van der Waals surface area contributed by atoms with Gasteiger partial charge in [0.1, 0.15) is 10.3 Å². The molecule has 0 saturated carbocycles. The van der Waals surface area contributed by atoms with Crippen molar-refractivity contribution >= 4 is 27.2 Å². The molecule has 4 aromatic rings. The van der Waals surface area contributed by atoms with E-state index in [0.717, 1.165) is 5.52 Å². The summed E-state index contributed by atoms with van der Waals surface area (Å²) in [5.41, 5.74) is 1.95. The lowest BCUT2D eigenvalue weighted by atomic mass is 10.2. The van der Waals surface area contributed by atoms with E-state index < -0.39 is 0 Å². The first-order valence-corrected chi connectivity index (χ1v) is 6.34.